The van der Waals surface area contributed by atoms with Crippen LogP contribution in [0.25, 0.3) is 0 Å². The number of amides is 2. The molecule has 100 valence electrons. The molecule has 6 nitrogen and oxygen atoms in total. The maximum atomic E-state index is 11.9. The van der Waals surface area contributed by atoms with E-state index in [0.717, 1.165) is 0 Å². The summed E-state index contributed by atoms with van der Waals surface area (Å²) in [5.41, 5.74) is 2.99. The molecule has 7 heteroatoms. The van der Waals surface area contributed by atoms with Crippen LogP contribution in [-0.2, 0) is 9.59 Å². The Morgan fingerprint density at radius 3 is 2.79 bits per heavy atom. The average molecular weight is 326 g/mol. The maximum Gasteiger partial charge on any atom is 0.299 e. The lowest BCUT2D eigenvalue weighted by Crippen LogP contribution is -2.33. The molecule has 0 unspecified atom stereocenters. The molecule has 0 saturated heterocycles. The fourth-order valence-corrected chi connectivity index (χ4v) is 2.53. The van der Waals surface area contributed by atoms with Crippen LogP contribution >= 0.6 is 15.9 Å². The van der Waals surface area contributed by atoms with Gasteiger partial charge >= 0.3 is 0 Å². The number of ketones is 1. The van der Waals surface area contributed by atoms with Crippen LogP contribution in [0, 0.1) is 0 Å². The van der Waals surface area contributed by atoms with E-state index >= 15 is 0 Å². The van der Waals surface area contributed by atoms with Crippen LogP contribution in [-0.4, -0.2) is 24.1 Å². The number of fused-ring (bicyclic) bond motifs is 1. The molecule has 0 radical (unpaired) electrons. The molecule has 19 heavy (non-hydrogen) atoms. The Kier molecular flexibility index (Phi) is 3.96. The van der Waals surface area contributed by atoms with E-state index in [4.69, 9.17) is 5.84 Å². The van der Waals surface area contributed by atoms with Gasteiger partial charge in [-0.05, 0) is 34.5 Å². The zero-order chi connectivity index (χ0) is 14.0. The third-order valence-electron chi connectivity index (χ3n) is 2.90. The highest BCUT2D eigenvalue weighted by Gasteiger charge is 2.36. The molecule has 0 aliphatic carbocycles. The number of Topliss-reactive ketones (excluding diaryl/α,β-unsaturated/α-hetero) is 1. The summed E-state index contributed by atoms with van der Waals surface area (Å²) in [5, 5.41) is 0. The molecule has 1 heterocycles. The molecule has 1 aromatic carbocycles. The quantitative estimate of drug-likeness (QED) is 0.370. The fraction of sp³-hybridized carbons (Fsp3) is 0.250. The second kappa shape index (κ2) is 5.50. The van der Waals surface area contributed by atoms with Crippen LogP contribution in [0.1, 0.15) is 23.2 Å². The van der Waals surface area contributed by atoms with Gasteiger partial charge in [-0.3, -0.25) is 19.8 Å². The van der Waals surface area contributed by atoms with E-state index in [2.05, 4.69) is 15.9 Å². The number of nitrogens with one attached hydrogen (secondary N) is 1. The van der Waals surface area contributed by atoms with Gasteiger partial charge in [-0.15, -0.1) is 0 Å². The highest BCUT2D eigenvalue weighted by atomic mass is 79.9. The molecule has 0 atom stereocenters. The number of rotatable bonds is 4. The van der Waals surface area contributed by atoms with Crippen molar-refractivity contribution in [2.45, 2.75) is 12.8 Å². The molecule has 1 aromatic rings. The van der Waals surface area contributed by atoms with E-state index in [0.29, 0.717) is 28.7 Å². The smallest absolute Gasteiger partial charge is 0.299 e. The van der Waals surface area contributed by atoms with Crippen molar-refractivity contribution < 1.29 is 14.4 Å². The first-order valence-corrected chi connectivity index (χ1v) is 6.49. The van der Waals surface area contributed by atoms with Crippen LogP contribution in [0.15, 0.2) is 22.7 Å². The SMILES string of the molecule is NNC(=O)CCCN1C(=O)C(=O)c2c(Br)cccc21. The summed E-state index contributed by atoms with van der Waals surface area (Å²) in [5.74, 6) is 3.59. The van der Waals surface area contributed by atoms with Gasteiger partial charge in [0.15, 0.2) is 0 Å². The normalized spacial score (nSPS) is 13.7. The number of carbonyl (C=O) groups excluding carboxylic acids is 3. The zero-order valence-corrected chi connectivity index (χ0v) is 11.6. The lowest BCUT2D eigenvalue weighted by molar-refractivity contribution is -0.121. The molecular weight excluding hydrogens is 314 g/mol. The molecule has 0 spiro atoms. The van der Waals surface area contributed by atoms with Crippen molar-refractivity contribution >= 4 is 39.2 Å². The Labute approximate surface area is 118 Å². The molecule has 0 fully saturated rings. The van der Waals surface area contributed by atoms with Crippen LogP contribution < -0.4 is 16.2 Å². The van der Waals surface area contributed by atoms with E-state index in [9.17, 15) is 14.4 Å². The Hall–Kier alpha value is -1.73. The molecule has 0 saturated carbocycles. The van der Waals surface area contributed by atoms with Crippen molar-refractivity contribution in [1.82, 2.24) is 5.43 Å². The van der Waals surface area contributed by atoms with E-state index < -0.39 is 11.7 Å². The van der Waals surface area contributed by atoms with Crippen molar-refractivity contribution in [3.8, 4) is 0 Å². The van der Waals surface area contributed by atoms with Gasteiger partial charge < -0.3 is 4.90 Å². The molecule has 2 amide bonds. The number of nitrogens with zero attached hydrogens (tertiary/aromatic N) is 1. The van der Waals surface area contributed by atoms with Crippen molar-refractivity contribution in [2.24, 2.45) is 5.84 Å². The highest BCUT2D eigenvalue weighted by Crippen LogP contribution is 2.34. The summed E-state index contributed by atoms with van der Waals surface area (Å²) >= 11 is 3.26. The Bertz CT molecular complexity index is 559. The largest absolute Gasteiger partial charge is 0.305 e. The second-order valence-electron chi connectivity index (χ2n) is 4.09. The molecule has 0 aromatic heterocycles. The number of carbonyl (C=O) groups is 3. The van der Waals surface area contributed by atoms with E-state index in [-0.39, 0.29) is 12.3 Å². The van der Waals surface area contributed by atoms with Gasteiger partial charge in [0.25, 0.3) is 11.7 Å². The summed E-state index contributed by atoms with van der Waals surface area (Å²) in [7, 11) is 0. The lowest BCUT2D eigenvalue weighted by atomic mass is 10.1. The maximum absolute atomic E-state index is 11.9. The Balaban J connectivity index is 2.15. The molecular formula is C12H12BrN3O3. The number of hydrogen-bond acceptors (Lipinski definition) is 4. The van der Waals surface area contributed by atoms with Crippen LogP contribution in [0.3, 0.4) is 0 Å². The van der Waals surface area contributed by atoms with Gasteiger partial charge in [0, 0.05) is 17.4 Å². The summed E-state index contributed by atoms with van der Waals surface area (Å²) in [6, 6.07) is 5.19. The van der Waals surface area contributed by atoms with Crippen molar-refractivity contribution in [1.29, 1.82) is 0 Å². The third-order valence-corrected chi connectivity index (χ3v) is 3.56. The fourth-order valence-electron chi connectivity index (χ4n) is 1.99. The van der Waals surface area contributed by atoms with Gasteiger partial charge in [-0.2, -0.15) is 0 Å². The first kappa shape index (κ1) is 13.7. The van der Waals surface area contributed by atoms with Gasteiger partial charge in [-0.25, -0.2) is 5.84 Å². The van der Waals surface area contributed by atoms with E-state index in [1.54, 1.807) is 18.2 Å². The predicted octanol–water partition coefficient (Wildman–Crippen LogP) is 0.748. The first-order chi connectivity index (χ1) is 9.06. The number of nitrogens with two attached hydrogens (primary N) is 1. The molecule has 0 bridgehead atoms. The number of hydrogen-bond donors (Lipinski definition) is 2. The average Bonchev–Trinajstić information content (AvgIpc) is 2.64. The van der Waals surface area contributed by atoms with Crippen LogP contribution in [0.4, 0.5) is 5.69 Å². The zero-order valence-electron chi connectivity index (χ0n) is 9.98. The molecule has 1 aliphatic heterocycles. The van der Waals surface area contributed by atoms with E-state index in [1.807, 2.05) is 5.43 Å². The third kappa shape index (κ3) is 2.52. The Morgan fingerprint density at radius 1 is 1.37 bits per heavy atom. The van der Waals surface area contributed by atoms with Gasteiger partial charge in [0.2, 0.25) is 5.91 Å². The second-order valence-corrected chi connectivity index (χ2v) is 4.95. The minimum Gasteiger partial charge on any atom is -0.305 e. The number of benzene rings is 1. The predicted molar refractivity (Wildman–Crippen MR) is 72.4 cm³/mol. The van der Waals surface area contributed by atoms with Crippen molar-refractivity contribution in [2.75, 3.05) is 11.4 Å². The lowest BCUT2D eigenvalue weighted by Gasteiger charge is -2.16. The topological polar surface area (TPSA) is 92.5 Å². The highest BCUT2D eigenvalue weighted by molar-refractivity contribution is 9.10. The van der Waals surface area contributed by atoms with Gasteiger partial charge in [-0.1, -0.05) is 6.07 Å². The summed E-state index contributed by atoms with van der Waals surface area (Å²) in [6.07, 6.45) is 0.645. The summed E-state index contributed by atoms with van der Waals surface area (Å²) in [4.78, 5) is 36.2. The summed E-state index contributed by atoms with van der Waals surface area (Å²) in [6.45, 7) is 0.307. The minimum absolute atomic E-state index is 0.206. The molecule has 1 aliphatic rings. The van der Waals surface area contributed by atoms with Crippen molar-refractivity contribution in [3.05, 3.63) is 28.2 Å². The summed E-state index contributed by atoms with van der Waals surface area (Å²) < 4.78 is 0.602. The molecule has 3 N–H and O–H groups in total. The monoisotopic (exact) mass is 325 g/mol. The van der Waals surface area contributed by atoms with Gasteiger partial charge in [0.1, 0.15) is 0 Å². The van der Waals surface area contributed by atoms with Crippen LogP contribution in [0.5, 0.6) is 0 Å². The van der Waals surface area contributed by atoms with Gasteiger partial charge in [0.05, 0.1) is 11.3 Å². The first-order valence-electron chi connectivity index (χ1n) is 5.70. The number of halogens is 1. The van der Waals surface area contributed by atoms with E-state index in [1.165, 1.54) is 4.90 Å². The van der Waals surface area contributed by atoms with Crippen LogP contribution in [0.2, 0.25) is 0 Å². The molecule has 2 rings (SSSR count). The standard InChI is InChI=1S/C12H12BrN3O3/c13-7-3-1-4-8-10(7)11(18)12(19)16(8)6-2-5-9(17)15-14/h1,3-4H,2,5-6,14H2,(H,15,17). The minimum atomic E-state index is -0.560. The Morgan fingerprint density at radius 2 is 2.11 bits per heavy atom. The number of anilines is 1. The number of hydrazine groups is 1. The van der Waals surface area contributed by atoms with Crippen molar-refractivity contribution in [3.63, 3.8) is 0 Å².